The molecule has 0 bridgehead atoms. The molecular formula is C30H40O8. The van der Waals surface area contributed by atoms with Gasteiger partial charge >= 0.3 is 5.97 Å². The summed E-state index contributed by atoms with van der Waals surface area (Å²) in [7, 11) is 0. The van der Waals surface area contributed by atoms with Gasteiger partial charge < -0.3 is 33.3 Å². The van der Waals surface area contributed by atoms with Gasteiger partial charge in [0.15, 0.2) is 0 Å². The van der Waals surface area contributed by atoms with E-state index in [9.17, 15) is 4.79 Å². The van der Waals surface area contributed by atoms with Crippen LogP contribution in [0.4, 0.5) is 0 Å². The van der Waals surface area contributed by atoms with Crippen molar-refractivity contribution >= 4 is 19.5 Å². The van der Waals surface area contributed by atoms with Gasteiger partial charge in [-0.2, -0.15) is 0 Å². The van der Waals surface area contributed by atoms with Crippen molar-refractivity contribution in [2.75, 3.05) is 46.2 Å². The predicted molar refractivity (Wildman–Crippen MR) is 144 cm³/mol. The number of ether oxygens (including phenoxy) is 5. The number of benzene rings is 2. The zero-order valence-corrected chi connectivity index (χ0v) is 22.6. The van der Waals surface area contributed by atoms with Crippen LogP contribution in [0, 0.1) is 10.8 Å². The normalized spacial score (nSPS) is 16.3. The Kier molecular flexibility index (Phi) is 13.1. The maximum absolute atomic E-state index is 12.5. The van der Waals surface area contributed by atoms with Crippen molar-refractivity contribution in [1.29, 1.82) is 0 Å². The van der Waals surface area contributed by atoms with E-state index in [4.69, 9.17) is 33.3 Å². The van der Waals surface area contributed by atoms with E-state index < -0.39 is 0 Å². The van der Waals surface area contributed by atoms with Crippen LogP contribution in [0.3, 0.4) is 0 Å². The fraction of sp³-hybridized carbons (Fsp3) is 0.500. The molecule has 2 heterocycles. The van der Waals surface area contributed by atoms with Gasteiger partial charge in [-0.15, -0.1) is 0 Å². The summed E-state index contributed by atoms with van der Waals surface area (Å²) < 4.78 is 27.9. The Balaban J connectivity index is 0.00000121. The molecule has 0 saturated carbocycles. The second-order valence-corrected chi connectivity index (χ2v) is 9.65. The third kappa shape index (κ3) is 8.75. The van der Waals surface area contributed by atoms with Crippen LogP contribution in [-0.4, -0.2) is 65.8 Å². The highest BCUT2D eigenvalue weighted by Crippen LogP contribution is 2.35. The molecule has 0 aliphatic carbocycles. The summed E-state index contributed by atoms with van der Waals surface area (Å²) in [5.41, 5.74) is 2.13. The molecule has 0 unspecified atom stereocenters. The number of carbonyl (C=O) groups excluding carboxylic acids is 3. The average molecular weight is 529 g/mol. The summed E-state index contributed by atoms with van der Waals surface area (Å²) >= 11 is 0. The summed E-state index contributed by atoms with van der Waals surface area (Å²) in [5, 5.41) is 0. The molecule has 208 valence electrons. The minimum absolute atomic E-state index is 0.214. The maximum Gasteiger partial charge on any atom is 0.343 e. The van der Waals surface area contributed by atoms with Crippen LogP contribution in [-0.2, 0) is 30.2 Å². The largest absolute Gasteiger partial charge is 0.494 e. The Morgan fingerprint density at radius 2 is 1.34 bits per heavy atom. The molecule has 0 atom stereocenters. The van der Waals surface area contributed by atoms with Crippen molar-refractivity contribution in [3.8, 4) is 11.5 Å². The highest BCUT2D eigenvalue weighted by atomic mass is 16.5. The zero-order chi connectivity index (χ0) is 27.9. The predicted octanol–water partition coefficient (Wildman–Crippen LogP) is 4.72. The standard InChI is InChI=1S/C28H36O6.2CH2O/c1-3-27(17-31-18-27)14-16-33-24-11-7-23(8-12-24)26(29)34-25-9-5-22(6-10-25)13-15-30-19-28(4-2)20-32-21-28;2*1-2/h5-12H,3-4,13-21H2,1-2H3;2*1H2. The minimum atomic E-state index is -0.383. The summed E-state index contributed by atoms with van der Waals surface area (Å²) in [6.45, 7) is 13.7. The minimum Gasteiger partial charge on any atom is -0.494 e. The molecular weight excluding hydrogens is 488 g/mol. The van der Waals surface area contributed by atoms with Crippen molar-refractivity contribution < 1.29 is 38.1 Å². The molecule has 4 rings (SSSR count). The first kappa shape index (κ1) is 31.1. The smallest absolute Gasteiger partial charge is 0.343 e. The van der Waals surface area contributed by atoms with Gasteiger partial charge in [-0.05, 0) is 67.6 Å². The Hall–Kier alpha value is -3.07. The van der Waals surface area contributed by atoms with Gasteiger partial charge in [-0.3, -0.25) is 0 Å². The highest BCUT2D eigenvalue weighted by Gasteiger charge is 2.37. The second kappa shape index (κ2) is 16.0. The van der Waals surface area contributed by atoms with E-state index in [1.807, 2.05) is 50.0 Å². The monoisotopic (exact) mass is 528 g/mol. The molecule has 0 radical (unpaired) electrons. The molecule has 2 aliphatic rings. The van der Waals surface area contributed by atoms with Crippen LogP contribution >= 0.6 is 0 Å². The van der Waals surface area contributed by atoms with Crippen molar-refractivity contribution in [1.82, 2.24) is 0 Å². The van der Waals surface area contributed by atoms with Gasteiger partial charge in [0.25, 0.3) is 0 Å². The lowest BCUT2D eigenvalue weighted by molar-refractivity contribution is -0.149. The first-order valence-corrected chi connectivity index (χ1v) is 12.9. The van der Waals surface area contributed by atoms with Crippen LogP contribution in [0.5, 0.6) is 11.5 Å². The summed E-state index contributed by atoms with van der Waals surface area (Å²) in [6.07, 6.45) is 3.98. The van der Waals surface area contributed by atoms with Crippen LogP contribution in [0.2, 0.25) is 0 Å². The molecule has 0 N–H and O–H groups in total. The van der Waals surface area contributed by atoms with Crippen LogP contribution in [0.25, 0.3) is 0 Å². The fourth-order valence-corrected chi connectivity index (χ4v) is 4.14. The number of hydrogen-bond acceptors (Lipinski definition) is 8. The van der Waals surface area contributed by atoms with Crippen LogP contribution < -0.4 is 9.47 Å². The SMILES string of the molecule is C=O.C=O.CCC1(CCOc2ccc(C(=O)Oc3ccc(CCOCC4(CC)COC4)cc3)cc2)COC1. The topological polar surface area (TPSA) is 97.4 Å². The van der Waals surface area contributed by atoms with E-state index in [1.54, 1.807) is 12.1 Å². The van der Waals surface area contributed by atoms with Crippen LogP contribution in [0.15, 0.2) is 48.5 Å². The molecule has 0 aromatic heterocycles. The Labute approximate surface area is 225 Å². The van der Waals surface area contributed by atoms with Gasteiger partial charge in [0.05, 0.1) is 51.8 Å². The van der Waals surface area contributed by atoms with E-state index in [0.29, 0.717) is 24.5 Å². The number of carbonyl (C=O) groups is 3. The summed E-state index contributed by atoms with van der Waals surface area (Å²) in [5.74, 6) is 0.898. The van der Waals surface area contributed by atoms with E-state index in [2.05, 4.69) is 13.8 Å². The third-order valence-electron chi connectivity index (χ3n) is 7.20. The number of esters is 1. The highest BCUT2D eigenvalue weighted by molar-refractivity contribution is 5.91. The Morgan fingerprint density at radius 3 is 1.84 bits per heavy atom. The van der Waals surface area contributed by atoms with E-state index in [-0.39, 0.29) is 16.8 Å². The van der Waals surface area contributed by atoms with Gasteiger partial charge in [-0.25, -0.2) is 4.79 Å². The van der Waals surface area contributed by atoms with Crippen molar-refractivity contribution in [2.45, 2.75) is 39.5 Å². The van der Waals surface area contributed by atoms with Gasteiger partial charge in [-0.1, -0.05) is 26.0 Å². The number of hydrogen-bond donors (Lipinski definition) is 0. The maximum atomic E-state index is 12.5. The molecule has 8 nitrogen and oxygen atoms in total. The third-order valence-corrected chi connectivity index (χ3v) is 7.20. The Bertz CT molecular complexity index is 936. The molecule has 8 heteroatoms. The molecule has 0 spiro atoms. The molecule has 2 aromatic carbocycles. The second-order valence-electron chi connectivity index (χ2n) is 9.65. The van der Waals surface area contributed by atoms with Crippen molar-refractivity contribution in [3.63, 3.8) is 0 Å². The lowest BCUT2D eigenvalue weighted by Crippen LogP contribution is -2.45. The van der Waals surface area contributed by atoms with E-state index >= 15 is 0 Å². The molecule has 2 saturated heterocycles. The molecule has 2 aliphatic heterocycles. The molecule has 2 fully saturated rings. The quantitative estimate of drug-likeness (QED) is 0.209. The first-order valence-electron chi connectivity index (χ1n) is 12.9. The molecule has 0 amide bonds. The zero-order valence-electron chi connectivity index (χ0n) is 22.6. The summed E-state index contributed by atoms with van der Waals surface area (Å²) in [4.78, 5) is 28.5. The lowest BCUT2D eigenvalue weighted by Gasteiger charge is -2.40. The van der Waals surface area contributed by atoms with E-state index in [0.717, 1.165) is 70.0 Å². The van der Waals surface area contributed by atoms with Gasteiger partial charge in [0, 0.05) is 10.8 Å². The van der Waals surface area contributed by atoms with Crippen LogP contribution in [0.1, 0.15) is 49.0 Å². The number of rotatable bonds is 13. The van der Waals surface area contributed by atoms with Gasteiger partial charge in [0.1, 0.15) is 25.1 Å². The van der Waals surface area contributed by atoms with E-state index in [1.165, 1.54) is 0 Å². The lowest BCUT2D eigenvalue weighted by atomic mass is 9.80. The van der Waals surface area contributed by atoms with Crippen molar-refractivity contribution in [2.24, 2.45) is 10.8 Å². The molecule has 38 heavy (non-hydrogen) atoms. The molecule has 2 aromatic rings. The van der Waals surface area contributed by atoms with Gasteiger partial charge in [0.2, 0.25) is 0 Å². The fourth-order valence-electron chi connectivity index (χ4n) is 4.14. The first-order chi connectivity index (χ1) is 18.6. The average Bonchev–Trinajstić information content (AvgIpc) is 2.93. The summed E-state index contributed by atoms with van der Waals surface area (Å²) in [6, 6.07) is 14.7. The van der Waals surface area contributed by atoms with Crippen molar-refractivity contribution in [3.05, 3.63) is 59.7 Å². The Morgan fingerprint density at radius 1 is 0.789 bits per heavy atom.